The Hall–Kier alpha value is -1.58. The van der Waals surface area contributed by atoms with E-state index in [1.807, 2.05) is 0 Å². The smallest absolute Gasteiger partial charge is 0.409 e. The van der Waals surface area contributed by atoms with Crippen molar-refractivity contribution in [3.8, 4) is 0 Å². The van der Waals surface area contributed by atoms with Crippen LogP contribution in [0.1, 0.15) is 24.5 Å². The normalized spacial score (nSPS) is 15.4. The second kappa shape index (κ2) is 3.05. The van der Waals surface area contributed by atoms with Crippen LogP contribution in [-0.2, 0) is 0 Å². The summed E-state index contributed by atoms with van der Waals surface area (Å²) >= 11 is 0. The highest BCUT2D eigenvalue weighted by molar-refractivity contribution is 5.82. The van der Waals surface area contributed by atoms with E-state index < -0.39 is 6.09 Å². The molecule has 1 amide bonds. The standard InChI is InChI=1S/C9H10N2O2/c12-9(13)11-7-3-4-10-8(5-7)6-1-2-6/h3-6H,1-2H2,(H,10,11)(H,12,13). The molecule has 2 rings (SSSR count). The van der Waals surface area contributed by atoms with Crippen LogP contribution >= 0.6 is 0 Å². The minimum Gasteiger partial charge on any atom is -0.465 e. The monoisotopic (exact) mass is 178 g/mol. The van der Waals surface area contributed by atoms with Gasteiger partial charge in [0, 0.05) is 23.5 Å². The lowest BCUT2D eigenvalue weighted by Gasteiger charge is -2.02. The fourth-order valence-corrected chi connectivity index (χ4v) is 1.25. The first-order chi connectivity index (χ1) is 6.25. The van der Waals surface area contributed by atoms with Gasteiger partial charge in [-0.3, -0.25) is 10.3 Å². The molecule has 0 atom stereocenters. The van der Waals surface area contributed by atoms with Gasteiger partial charge in [0.1, 0.15) is 0 Å². The van der Waals surface area contributed by atoms with Crippen LogP contribution in [0.4, 0.5) is 10.5 Å². The van der Waals surface area contributed by atoms with Gasteiger partial charge in [0.25, 0.3) is 0 Å². The fraction of sp³-hybridized carbons (Fsp3) is 0.333. The number of nitrogens with zero attached hydrogens (tertiary/aromatic N) is 1. The summed E-state index contributed by atoms with van der Waals surface area (Å²) in [5.74, 6) is 0.551. The predicted molar refractivity (Wildman–Crippen MR) is 47.9 cm³/mol. The molecule has 4 heteroatoms. The molecule has 0 aromatic carbocycles. The lowest BCUT2D eigenvalue weighted by molar-refractivity contribution is 0.210. The number of aromatic nitrogens is 1. The maximum atomic E-state index is 10.3. The molecule has 13 heavy (non-hydrogen) atoms. The third-order valence-corrected chi connectivity index (χ3v) is 2.03. The topological polar surface area (TPSA) is 62.2 Å². The quantitative estimate of drug-likeness (QED) is 0.728. The first kappa shape index (κ1) is 8.04. The van der Waals surface area contributed by atoms with Crippen molar-refractivity contribution in [2.24, 2.45) is 0 Å². The molecule has 0 aliphatic heterocycles. The van der Waals surface area contributed by atoms with Gasteiger partial charge >= 0.3 is 6.09 Å². The number of amides is 1. The molecular formula is C9H10N2O2. The molecule has 1 heterocycles. The average molecular weight is 178 g/mol. The van der Waals surface area contributed by atoms with Crippen molar-refractivity contribution >= 4 is 11.8 Å². The van der Waals surface area contributed by atoms with Gasteiger partial charge in [-0.1, -0.05) is 0 Å². The molecule has 0 spiro atoms. The Morgan fingerprint density at radius 1 is 1.62 bits per heavy atom. The van der Waals surface area contributed by atoms with Crippen molar-refractivity contribution in [3.05, 3.63) is 24.0 Å². The van der Waals surface area contributed by atoms with Gasteiger partial charge in [-0.25, -0.2) is 4.79 Å². The summed E-state index contributed by atoms with van der Waals surface area (Å²) in [6.45, 7) is 0. The molecule has 0 radical (unpaired) electrons. The van der Waals surface area contributed by atoms with E-state index in [1.54, 1.807) is 18.3 Å². The van der Waals surface area contributed by atoms with E-state index in [0.717, 1.165) is 5.69 Å². The minimum atomic E-state index is -1.03. The molecule has 1 fully saturated rings. The summed E-state index contributed by atoms with van der Waals surface area (Å²) in [6, 6.07) is 3.45. The number of rotatable bonds is 2. The van der Waals surface area contributed by atoms with E-state index in [-0.39, 0.29) is 0 Å². The number of hydrogen-bond donors (Lipinski definition) is 2. The summed E-state index contributed by atoms with van der Waals surface area (Å²) in [6.07, 6.45) is 2.94. The fourth-order valence-electron chi connectivity index (χ4n) is 1.25. The highest BCUT2D eigenvalue weighted by Crippen LogP contribution is 2.39. The van der Waals surface area contributed by atoms with Crippen LogP contribution in [0.2, 0.25) is 0 Å². The van der Waals surface area contributed by atoms with Crippen LogP contribution < -0.4 is 5.32 Å². The molecule has 1 aromatic rings. The third-order valence-electron chi connectivity index (χ3n) is 2.03. The number of carbonyl (C=O) groups is 1. The molecule has 4 nitrogen and oxygen atoms in total. The number of nitrogens with one attached hydrogen (secondary N) is 1. The lowest BCUT2D eigenvalue weighted by atomic mass is 10.2. The van der Waals surface area contributed by atoms with Crippen LogP contribution in [0.25, 0.3) is 0 Å². The van der Waals surface area contributed by atoms with E-state index in [4.69, 9.17) is 5.11 Å². The summed E-state index contributed by atoms with van der Waals surface area (Å²) in [5.41, 5.74) is 1.59. The number of hydrogen-bond acceptors (Lipinski definition) is 2. The zero-order valence-corrected chi connectivity index (χ0v) is 7.03. The minimum absolute atomic E-state index is 0.551. The molecule has 1 aliphatic carbocycles. The molecule has 0 bridgehead atoms. The molecule has 0 unspecified atom stereocenters. The van der Waals surface area contributed by atoms with Gasteiger partial charge in [0.15, 0.2) is 0 Å². The van der Waals surface area contributed by atoms with Crippen molar-refractivity contribution in [2.75, 3.05) is 5.32 Å². The molecular weight excluding hydrogens is 168 g/mol. The van der Waals surface area contributed by atoms with Gasteiger partial charge in [-0.2, -0.15) is 0 Å². The Kier molecular flexibility index (Phi) is 1.88. The highest BCUT2D eigenvalue weighted by atomic mass is 16.4. The zero-order valence-electron chi connectivity index (χ0n) is 7.03. The second-order valence-corrected chi connectivity index (χ2v) is 3.17. The van der Waals surface area contributed by atoms with E-state index in [9.17, 15) is 4.79 Å². The predicted octanol–water partition coefficient (Wildman–Crippen LogP) is 2.05. The maximum absolute atomic E-state index is 10.3. The average Bonchev–Trinajstić information content (AvgIpc) is 2.85. The summed E-state index contributed by atoms with van der Waals surface area (Å²) < 4.78 is 0. The maximum Gasteiger partial charge on any atom is 0.409 e. The number of pyridine rings is 1. The first-order valence-corrected chi connectivity index (χ1v) is 4.21. The van der Waals surface area contributed by atoms with Gasteiger partial charge in [-0.15, -0.1) is 0 Å². The van der Waals surface area contributed by atoms with Crippen LogP contribution in [0, 0.1) is 0 Å². The van der Waals surface area contributed by atoms with E-state index in [1.165, 1.54) is 12.8 Å². The number of anilines is 1. The second-order valence-electron chi connectivity index (χ2n) is 3.17. The van der Waals surface area contributed by atoms with Gasteiger partial charge in [0.05, 0.1) is 0 Å². The van der Waals surface area contributed by atoms with E-state index >= 15 is 0 Å². The first-order valence-electron chi connectivity index (χ1n) is 4.21. The van der Waals surface area contributed by atoms with Crippen LogP contribution in [0.3, 0.4) is 0 Å². The molecule has 68 valence electrons. The Balaban J connectivity index is 2.16. The van der Waals surface area contributed by atoms with Gasteiger partial charge in [0.2, 0.25) is 0 Å². The number of carboxylic acid groups (broad SMARTS) is 1. The van der Waals surface area contributed by atoms with Crippen molar-refractivity contribution in [2.45, 2.75) is 18.8 Å². The SMILES string of the molecule is O=C(O)Nc1ccnc(C2CC2)c1. The molecule has 1 aliphatic rings. The third kappa shape index (κ3) is 1.96. The van der Waals surface area contributed by atoms with Crippen LogP contribution in [0.15, 0.2) is 18.3 Å². The highest BCUT2D eigenvalue weighted by Gasteiger charge is 2.24. The van der Waals surface area contributed by atoms with Crippen molar-refractivity contribution < 1.29 is 9.90 Å². The van der Waals surface area contributed by atoms with Gasteiger partial charge in [-0.05, 0) is 25.0 Å². The Morgan fingerprint density at radius 3 is 3.00 bits per heavy atom. The molecule has 1 aromatic heterocycles. The lowest BCUT2D eigenvalue weighted by Crippen LogP contribution is -2.07. The Labute approximate surface area is 75.6 Å². The van der Waals surface area contributed by atoms with E-state index in [0.29, 0.717) is 11.6 Å². The zero-order chi connectivity index (χ0) is 9.26. The van der Waals surface area contributed by atoms with Gasteiger partial charge < -0.3 is 5.11 Å². The van der Waals surface area contributed by atoms with Crippen LogP contribution in [0.5, 0.6) is 0 Å². The largest absolute Gasteiger partial charge is 0.465 e. The van der Waals surface area contributed by atoms with Crippen molar-refractivity contribution in [3.63, 3.8) is 0 Å². The molecule has 2 N–H and O–H groups in total. The van der Waals surface area contributed by atoms with Crippen LogP contribution in [-0.4, -0.2) is 16.2 Å². The van der Waals surface area contributed by atoms with Crippen molar-refractivity contribution in [1.82, 2.24) is 4.98 Å². The van der Waals surface area contributed by atoms with E-state index in [2.05, 4.69) is 10.3 Å². The Morgan fingerprint density at radius 2 is 2.38 bits per heavy atom. The van der Waals surface area contributed by atoms with Crippen molar-refractivity contribution in [1.29, 1.82) is 0 Å². The summed E-state index contributed by atoms with van der Waals surface area (Å²) in [7, 11) is 0. The molecule has 1 saturated carbocycles. The Bertz CT molecular complexity index is 334. The summed E-state index contributed by atoms with van der Waals surface area (Å²) in [5, 5.41) is 10.8. The summed E-state index contributed by atoms with van der Waals surface area (Å²) in [4.78, 5) is 14.5. The molecule has 0 saturated heterocycles.